The van der Waals surface area contributed by atoms with Crippen LogP contribution in [-0.2, 0) is 17.7 Å². The average Bonchev–Trinajstić information content (AvgIpc) is 2.80. The highest BCUT2D eigenvalue weighted by atomic mass is 16.7. The normalized spacial score (nSPS) is 19.3. The van der Waals surface area contributed by atoms with Crippen molar-refractivity contribution in [1.29, 1.82) is 0 Å². The lowest BCUT2D eigenvalue weighted by Crippen LogP contribution is -2.55. The summed E-state index contributed by atoms with van der Waals surface area (Å²) in [6.07, 6.45) is 4.18. The Labute approximate surface area is 172 Å². The van der Waals surface area contributed by atoms with Crippen LogP contribution in [0.15, 0.2) is 60.3 Å². The van der Waals surface area contributed by atoms with Crippen molar-refractivity contribution < 1.29 is 9.63 Å². The number of aryl methyl sites for hydroxylation is 2. The molecule has 0 saturated heterocycles. The second-order valence-corrected chi connectivity index (χ2v) is 9.14. The summed E-state index contributed by atoms with van der Waals surface area (Å²) >= 11 is 0. The standard InChI is InChI=1S/C24H29N3O2/c1-23(2)15-19(16-24(3,4)26-23)25-29-22(28)27-20-11-7-5-9-17(20)13-14-18-10-6-8-12-21(18)27/h5-12,15,25-26H,13-14,16H2,1-4H3. The van der Waals surface area contributed by atoms with Crippen molar-refractivity contribution in [2.45, 2.75) is 58.0 Å². The summed E-state index contributed by atoms with van der Waals surface area (Å²) in [5, 5.41) is 3.58. The molecule has 0 spiro atoms. The van der Waals surface area contributed by atoms with Crippen LogP contribution in [0.3, 0.4) is 0 Å². The zero-order chi connectivity index (χ0) is 20.6. The fourth-order valence-corrected chi connectivity index (χ4v) is 4.61. The lowest BCUT2D eigenvalue weighted by atomic mass is 9.87. The van der Waals surface area contributed by atoms with Crippen LogP contribution in [0.25, 0.3) is 0 Å². The van der Waals surface area contributed by atoms with E-state index in [0.717, 1.165) is 47.5 Å². The molecule has 2 heterocycles. The molecule has 4 rings (SSSR count). The molecule has 0 saturated carbocycles. The van der Waals surface area contributed by atoms with Crippen molar-refractivity contribution in [1.82, 2.24) is 10.8 Å². The molecule has 5 heteroatoms. The van der Waals surface area contributed by atoms with E-state index in [1.165, 1.54) is 0 Å². The van der Waals surface area contributed by atoms with Gasteiger partial charge >= 0.3 is 6.09 Å². The maximum absolute atomic E-state index is 13.2. The summed E-state index contributed by atoms with van der Waals surface area (Å²) in [7, 11) is 0. The minimum absolute atomic E-state index is 0.0885. The van der Waals surface area contributed by atoms with E-state index in [0.29, 0.717) is 0 Å². The fourth-order valence-electron chi connectivity index (χ4n) is 4.61. The first kappa shape index (κ1) is 19.5. The molecule has 0 bridgehead atoms. The number of nitrogens with one attached hydrogen (secondary N) is 2. The Balaban J connectivity index is 1.61. The third-order valence-corrected chi connectivity index (χ3v) is 5.41. The predicted molar refractivity (Wildman–Crippen MR) is 116 cm³/mol. The van der Waals surface area contributed by atoms with Crippen molar-refractivity contribution in [3.63, 3.8) is 0 Å². The maximum Gasteiger partial charge on any atom is 0.443 e. The highest BCUT2D eigenvalue weighted by molar-refractivity contribution is 5.98. The van der Waals surface area contributed by atoms with Gasteiger partial charge in [0.15, 0.2) is 0 Å². The molecule has 2 aliphatic rings. The number of fused-ring (bicyclic) bond motifs is 2. The summed E-state index contributed by atoms with van der Waals surface area (Å²) in [4.78, 5) is 20.5. The van der Waals surface area contributed by atoms with Gasteiger partial charge in [-0.2, -0.15) is 0 Å². The van der Waals surface area contributed by atoms with Gasteiger partial charge < -0.3 is 10.2 Å². The summed E-state index contributed by atoms with van der Waals surface area (Å²) < 4.78 is 0. The number of carbonyl (C=O) groups excluding carboxylic acids is 1. The first-order valence-corrected chi connectivity index (χ1v) is 10.2. The van der Waals surface area contributed by atoms with Crippen molar-refractivity contribution in [3.8, 4) is 0 Å². The number of hydrogen-bond acceptors (Lipinski definition) is 4. The van der Waals surface area contributed by atoms with E-state index < -0.39 is 6.09 Å². The summed E-state index contributed by atoms with van der Waals surface area (Å²) in [5.41, 5.74) is 7.62. The Morgan fingerprint density at radius 2 is 1.52 bits per heavy atom. The molecule has 0 atom stereocenters. The molecule has 2 aromatic rings. The van der Waals surface area contributed by atoms with Gasteiger partial charge in [-0.1, -0.05) is 36.4 Å². The first-order chi connectivity index (χ1) is 13.7. The van der Waals surface area contributed by atoms with E-state index in [9.17, 15) is 4.79 Å². The van der Waals surface area contributed by atoms with Gasteiger partial charge in [0.2, 0.25) is 0 Å². The van der Waals surface area contributed by atoms with E-state index in [1.54, 1.807) is 4.90 Å². The number of hydroxylamine groups is 1. The molecule has 2 aromatic carbocycles. The van der Waals surface area contributed by atoms with Gasteiger partial charge in [-0.15, -0.1) is 0 Å². The Bertz CT molecular complexity index is 915. The number of para-hydroxylation sites is 2. The number of carbonyl (C=O) groups is 1. The molecule has 0 aliphatic carbocycles. The number of rotatable bonds is 2. The monoisotopic (exact) mass is 391 g/mol. The maximum atomic E-state index is 13.2. The molecule has 2 aliphatic heterocycles. The highest BCUT2D eigenvalue weighted by Gasteiger charge is 2.33. The molecule has 0 fully saturated rings. The summed E-state index contributed by atoms with van der Waals surface area (Å²) in [6.45, 7) is 8.51. The predicted octanol–water partition coefficient (Wildman–Crippen LogP) is 5.00. The lowest BCUT2D eigenvalue weighted by Gasteiger charge is -2.41. The topological polar surface area (TPSA) is 53.6 Å². The van der Waals surface area contributed by atoms with Gasteiger partial charge in [-0.25, -0.2) is 15.2 Å². The fraction of sp³-hybridized carbons (Fsp3) is 0.375. The second kappa shape index (κ2) is 7.23. The van der Waals surface area contributed by atoms with Crippen LogP contribution in [0, 0.1) is 0 Å². The first-order valence-electron chi connectivity index (χ1n) is 10.2. The Kier molecular flexibility index (Phi) is 4.87. The zero-order valence-corrected chi connectivity index (χ0v) is 17.6. The number of nitrogens with zero attached hydrogens (tertiary/aromatic N) is 1. The molecular weight excluding hydrogens is 362 g/mol. The van der Waals surface area contributed by atoms with Crippen LogP contribution in [-0.4, -0.2) is 17.2 Å². The van der Waals surface area contributed by atoms with E-state index in [1.807, 2.05) is 36.4 Å². The molecule has 1 amide bonds. The molecule has 29 heavy (non-hydrogen) atoms. The molecular formula is C24H29N3O2. The van der Waals surface area contributed by atoms with Crippen molar-refractivity contribution in [3.05, 3.63) is 71.4 Å². The number of benzene rings is 2. The SMILES string of the molecule is CC1(C)C=C(NOC(=O)N2c3ccccc3CCc3ccccc32)CC(C)(C)N1. The number of anilines is 2. The Morgan fingerprint density at radius 3 is 2.07 bits per heavy atom. The Hall–Kier alpha value is -2.79. The molecule has 0 aromatic heterocycles. The zero-order valence-electron chi connectivity index (χ0n) is 17.6. The lowest BCUT2D eigenvalue weighted by molar-refractivity contribution is 0.106. The van der Waals surface area contributed by atoms with Crippen LogP contribution in [0.4, 0.5) is 16.2 Å². The van der Waals surface area contributed by atoms with Gasteiger partial charge in [0.05, 0.1) is 11.4 Å². The molecule has 152 valence electrons. The molecule has 0 unspecified atom stereocenters. The number of hydrogen-bond donors (Lipinski definition) is 2. The molecule has 2 N–H and O–H groups in total. The van der Waals surface area contributed by atoms with E-state index in [4.69, 9.17) is 4.84 Å². The van der Waals surface area contributed by atoms with Crippen LogP contribution in [0.5, 0.6) is 0 Å². The smallest absolute Gasteiger partial charge is 0.324 e. The third kappa shape index (κ3) is 4.15. The minimum Gasteiger partial charge on any atom is -0.324 e. The quantitative estimate of drug-likeness (QED) is 0.708. The van der Waals surface area contributed by atoms with Crippen LogP contribution in [0.1, 0.15) is 45.2 Å². The highest BCUT2D eigenvalue weighted by Crippen LogP contribution is 2.36. The van der Waals surface area contributed by atoms with E-state index in [2.05, 4.69) is 56.7 Å². The van der Waals surface area contributed by atoms with Crippen molar-refractivity contribution >= 4 is 17.5 Å². The van der Waals surface area contributed by atoms with Crippen molar-refractivity contribution in [2.75, 3.05) is 4.90 Å². The largest absolute Gasteiger partial charge is 0.443 e. The van der Waals surface area contributed by atoms with Crippen LogP contribution < -0.4 is 15.7 Å². The van der Waals surface area contributed by atoms with Gasteiger partial charge in [0.25, 0.3) is 0 Å². The van der Waals surface area contributed by atoms with Crippen LogP contribution >= 0.6 is 0 Å². The third-order valence-electron chi connectivity index (χ3n) is 5.41. The van der Waals surface area contributed by atoms with E-state index in [-0.39, 0.29) is 11.1 Å². The van der Waals surface area contributed by atoms with Gasteiger partial charge in [-0.05, 0) is 69.9 Å². The van der Waals surface area contributed by atoms with Gasteiger partial charge in [0.1, 0.15) is 0 Å². The van der Waals surface area contributed by atoms with Gasteiger partial charge in [0, 0.05) is 23.2 Å². The average molecular weight is 392 g/mol. The molecule has 5 nitrogen and oxygen atoms in total. The minimum atomic E-state index is -0.429. The van der Waals surface area contributed by atoms with Gasteiger partial charge in [-0.3, -0.25) is 0 Å². The van der Waals surface area contributed by atoms with Crippen LogP contribution in [0.2, 0.25) is 0 Å². The summed E-state index contributed by atoms with van der Waals surface area (Å²) in [6, 6.07) is 16.1. The van der Waals surface area contributed by atoms with E-state index >= 15 is 0 Å². The Morgan fingerprint density at radius 1 is 0.966 bits per heavy atom. The summed E-state index contributed by atoms with van der Waals surface area (Å²) in [5.74, 6) is 0. The van der Waals surface area contributed by atoms with Crippen molar-refractivity contribution in [2.24, 2.45) is 0 Å². The second-order valence-electron chi connectivity index (χ2n) is 9.14. The number of amides is 1. The molecule has 0 radical (unpaired) electrons.